The Morgan fingerprint density at radius 2 is 1.89 bits per heavy atom. The van der Waals surface area contributed by atoms with E-state index in [4.69, 9.17) is 9.47 Å². The second-order valence-electron chi connectivity index (χ2n) is 7.65. The lowest BCUT2D eigenvalue weighted by Gasteiger charge is -2.37. The molecule has 4 nitrogen and oxygen atoms in total. The van der Waals surface area contributed by atoms with E-state index < -0.39 is 11.7 Å². The molecule has 1 aromatic carbocycles. The van der Waals surface area contributed by atoms with Gasteiger partial charge in [0, 0.05) is 19.6 Å². The molecule has 3 aliphatic rings. The van der Waals surface area contributed by atoms with Crippen LogP contribution >= 0.6 is 0 Å². The molecule has 28 heavy (non-hydrogen) atoms. The zero-order valence-corrected chi connectivity index (χ0v) is 15.7. The minimum atomic E-state index is -4.45. The van der Waals surface area contributed by atoms with E-state index in [-0.39, 0.29) is 24.2 Å². The summed E-state index contributed by atoms with van der Waals surface area (Å²) in [5.41, 5.74) is -0.767. The van der Waals surface area contributed by atoms with E-state index in [2.05, 4.69) is 34.2 Å². The van der Waals surface area contributed by atoms with Crippen molar-refractivity contribution in [3.63, 3.8) is 0 Å². The summed E-state index contributed by atoms with van der Waals surface area (Å²) >= 11 is 0. The smallest absolute Gasteiger partial charge is 0.420 e. The number of hydrogen-bond acceptors (Lipinski definition) is 4. The third-order valence-corrected chi connectivity index (χ3v) is 5.54. The first-order valence-corrected chi connectivity index (χ1v) is 9.78. The van der Waals surface area contributed by atoms with Crippen LogP contribution in [0.2, 0.25) is 0 Å². The number of piperidine rings is 1. The third-order valence-electron chi connectivity index (χ3n) is 5.54. The van der Waals surface area contributed by atoms with Crippen molar-refractivity contribution in [3.05, 3.63) is 48.2 Å². The predicted octanol–water partition coefficient (Wildman–Crippen LogP) is 3.94. The molecular formula is C21H25F3N2O2. The Kier molecular flexibility index (Phi) is 5.53. The van der Waals surface area contributed by atoms with Gasteiger partial charge in [0.25, 0.3) is 0 Å². The van der Waals surface area contributed by atoms with E-state index in [1.807, 2.05) is 0 Å². The molecule has 0 aliphatic carbocycles. The monoisotopic (exact) mass is 394 g/mol. The Balaban J connectivity index is 1.30. The number of para-hydroxylation sites is 1. The van der Waals surface area contributed by atoms with Crippen molar-refractivity contribution in [2.24, 2.45) is 5.92 Å². The highest BCUT2D eigenvalue weighted by molar-refractivity contribution is 5.49. The summed E-state index contributed by atoms with van der Waals surface area (Å²) in [5.74, 6) is 0.646. The van der Waals surface area contributed by atoms with Gasteiger partial charge in [-0.1, -0.05) is 18.2 Å². The number of rotatable bonds is 4. The highest BCUT2D eigenvalue weighted by Gasteiger charge is 2.38. The van der Waals surface area contributed by atoms with Gasteiger partial charge in [-0.15, -0.1) is 0 Å². The largest absolute Gasteiger partial charge is 0.486 e. The maximum absolute atomic E-state index is 13.2. The lowest BCUT2D eigenvalue weighted by molar-refractivity contribution is -0.140. The van der Waals surface area contributed by atoms with Gasteiger partial charge < -0.3 is 14.4 Å². The first-order chi connectivity index (χ1) is 13.5. The van der Waals surface area contributed by atoms with Crippen LogP contribution in [-0.4, -0.2) is 55.2 Å². The summed E-state index contributed by atoms with van der Waals surface area (Å²) in [4.78, 5) is 4.60. The molecule has 1 fully saturated rings. The molecule has 0 amide bonds. The van der Waals surface area contributed by atoms with Crippen LogP contribution in [0.1, 0.15) is 18.4 Å². The lowest BCUT2D eigenvalue weighted by atomic mass is 9.96. The summed E-state index contributed by atoms with van der Waals surface area (Å²) < 4.78 is 51.0. The van der Waals surface area contributed by atoms with E-state index in [0.717, 1.165) is 45.1 Å². The van der Waals surface area contributed by atoms with Gasteiger partial charge >= 0.3 is 6.18 Å². The Morgan fingerprint density at radius 3 is 2.61 bits per heavy atom. The number of alkyl halides is 3. The van der Waals surface area contributed by atoms with Gasteiger partial charge in [0.15, 0.2) is 11.5 Å². The van der Waals surface area contributed by atoms with Crippen LogP contribution in [0.4, 0.5) is 13.2 Å². The van der Waals surface area contributed by atoms with Crippen molar-refractivity contribution in [3.8, 4) is 11.5 Å². The Labute approximate surface area is 163 Å². The highest BCUT2D eigenvalue weighted by Crippen LogP contribution is 2.43. The van der Waals surface area contributed by atoms with Crippen LogP contribution in [0.15, 0.2) is 42.6 Å². The molecule has 152 valence electrons. The van der Waals surface area contributed by atoms with Gasteiger partial charge in [-0.25, -0.2) is 0 Å². The van der Waals surface area contributed by atoms with Crippen molar-refractivity contribution in [1.82, 2.24) is 9.80 Å². The van der Waals surface area contributed by atoms with E-state index in [1.54, 1.807) is 0 Å². The van der Waals surface area contributed by atoms with Gasteiger partial charge in [0.1, 0.15) is 18.3 Å². The van der Waals surface area contributed by atoms with E-state index in [0.29, 0.717) is 12.5 Å². The highest BCUT2D eigenvalue weighted by atomic mass is 19.4. The molecule has 0 bridgehead atoms. The third kappa shape index (κ3) is 4.46. The van der Waals surface area contributed by atoms with E-state index in [9.17, 15) is 13.2 Å². The molecule has 7 heteroatoms. The Bertz CT molecular complexity index is 740. The number of likely N-dealkylation sites (tertiary alicyclic amines) is 1. The first kappa shape index (κ1) is 19.2. The average Bonchev–Trinajstić information content (AvgIpc) is 2.69. The minimum absolute atomic E-state index is 0.174. The predicted molar refractivity (Wildman–Crippen MR) is 100 cm³/mol. The molecule has 1 atom stereocenters. The maximum atomic E-state index is 13.2. The van der Waals surface area contributed by atoms with E-state index in [1.165, 1.54) is 12.1 Å². The van der Waals surface area contributed by atoms with Crippen molar-refractivity contribution in [2.45, 2.75) is 25.1 Å². The Morgan fingerprint density at radius 1 is 1.07 bits per heavy atom. The number of hydrogen-bond donors (Lipinski definition) is 0. The van der Waals surface area contributed by atoms with Crippen molar-refractivity contribution in [2.75, 3.05) is 39.3 Å². The number of allylic oxidation sites excluding steroid dienone is 2. The number of halogens is 3. The van der Waals surface area contributed by atoms with Gasteiger partial charge in [-0.3, -0.25) is 4.90 Å². The molecule has 0 aromatic heterocycles. The van der Waals surface area contributed by atoms with Crippen LogP contribution in [0.25, 0.3) is 0 Å². The number of ether oxygens (including phenoxy) is 2. The van der Waals surface area contributed by atoms with Gasteiger partial charge in [-0.05, 0) is 56.3 Å². The number of benzene rings is 1. The van der Waals surface area contributed by atoms with Crippen molar-refractivity contribution >= 4 is 0 Å². The molecule has 1 aromatic rings. The van der Waals surface area contributed by atoms with Crippen LogP contribution < -0.4 is 9.47 Å². The number of fused-ring (bicyclic) bond motifs is 1. The summed E-state index contributed by atoms with van der Waals surface area (Å²) in [6.45, 7) is 4.76. The van der Waals surface area contributed by atoms with Crippen LogP contribution in [0.5, 0.6) is 11.5 Å². The molecular weight excluding hydrogens is 369 g/mol. The standard InChI is InChI=1S/C21H25F3N2O2/c22-21(23,24)18-5-4-6-19-20(18)28-17(15-27-19)14-26-11-7-16(8-12-26)13-25-9-2-1-3-10-25/h1-6,9,16-17H,7-8,10-15H2. The molecule has 4 rings (SSSR count). The molecule has 3 heterocycles. The molecule has 1 unspecified atom stereocenters. The van der Waals surface area contributed by atoms with Gasteiger partial charge in [0.2, 0.25) is 0 Å². The maximum Gasteiger partial charge on any atom is 0.420 e. The number of nitrogens with zero attached hydrogens (tertiary/aromatic N) is 2. The fourth-order valence-corrected chi connectivity index (χ4v) is 4.06. The van der Waals surface area contributed by atoms with Crippen LogP contribution in [0.3, 0.4) is 0 Å². The molecule has 0 saturated carbocycles. The van der Waals surface area contributed by atoms with E-state index >= 15 is 0 Å². The zero-order chi connectivity index (χ0) is 19.6. The van der Waals surface area contributed by atoms with Crippen LogP contribution in [-0.2, 0) is 6.18 Å². The van der Waals surface area contributed by atoms with Crippen LogP contribution in [0, 0.1) is 5.92 Å². The SMILES string of the molecule is FC(F)(F)c1cccc2c1OC(CN1CCC(CN3C=CC=CC3)CC1)CO2. The quantitative estimate of drug-likeness (QED) is 0.772. The second-order valence-corrected chi connectivity index (χ2v) is 7.65. The van der Waals surface area contributed by atoms with Crippen molar-refractivity contribution < 1.29 is 22.6 Å². The summed E-state index contributed by atoms with van der Waals surface area (Å²) in [6, 6.07) is 3.92. The molecule has 1 saturated heterocycles. The van der Waals surface area contributed by atoms with Gasteiger partial charge in [-0.2, -0.15) is 13.2 Å². The molecule has 0 spiro atoms. The minimum Gasteiger partial charge on any atom is -0.486 e. The fraction of sp³-hybridized carbons (Fsp3) is 0.524. The van der Waals surface area contributed by atoms with Gasteiger partial charge in [0.05, 0.1) is 0 Å². The van der Waals surface area contributed by atoms with Crippen molar-refractivity contribution in [1.29, 1.82) is 0 Å². The summed E-state index contributed by atoms with van der Waals surface area (Å²) in [5, 5.41) is 0. The second kappa shape index (κ2) is 8.07. The molecule has 3 aliphatic heterocycles. The lowest BCUT2D eigenvalue weighted by Crippen LogP contribution is -2.45. The summed E-state index contributed by atoms with van der Waals surface area (Å²) in [6.07, 6.45) is 5.76. The summed E-state index contributed by atoms with van der Waals surface area (Å²) in [7, 11) is 0. The normalized spacial score (nSPS) is 23.2. The zero-order valence-electron chi connectivity index (χ0n) is 15.7. The molecule has 0 radical (unpaired) electrons. The first-order valence-electron chi connectivity index (χ1n) is 9.78. The Hall–Kier alpha value is -2.15. The average molecular weight is 394 g/mol. The fourth-order valence-electron chi connectivity index (χ4n) is 4.06. The molecule has 0 N–H and O–H groups in total. The topological polar surface area (TPSA) is 24.9 Å².